The van der Waals surface area contributed by atoms with Crippen molar-refractivity contribution in [1.82, 2.24) is 15.2 Å². The summed E-state index contributed by atoms with van der Waals surface area (Å²) < 4.78 is 12.3. The third kappa shape index (κ3) is 5.93. The lowest BCUT2D eigenvalue weighted by atomic mass is 9.85. The number of carbonyl (C=O) groups excluding carboxylic acids is 3. The van der Waals surface area contributed by atoms with Gasteiger partial charge in [-0.2, -0.15) is 0 Å². The SMILES string of the molecule is CN1C(=O)c2cc(NC(=O)C3CCC3)ccc2OC[C@@H]2O[C@@H](CC(=O)NCCc3ccncc3)CC[C@H]21. The predicted octanol–water partition coefficient (Wildman–Crippen LogP) is 2.95. The minimum absolute atomic E-state index is 0.00644. The second kappa shape index (κ2) is 11.3. The van der Waals surface area contributed by atoms with Crippen LogP contribution in [-0.2, 0) is 20.7 Å². The van der Waals surface area contributed by atoms with Gasteiger partial charge in [0, 0.05) is 37.6 Å². The molecule has 0 spiro atoms. The Kier molecular flexibility index (Phi) is 7.69. The summed E-state index contributed by atoms with van der Waals surface area (Å²) in [6, 6.07) is 8.92. The van der Waals surface area contributed by atoms with Gasteiger partial charge in [0.2, 0.25) is 11.8 Å². The van der Waals surface area contributed by atoms with Gasteiger partial charge in [-0.3, -0.25) is 19.4 Å². The van der Waals surface area contributed by atoms with E-state index in [-0.39, 0.29) is 54.9 Å². The third-order valence-corrected chi connectivity index (χ3v) is 7.65. The van der Waals surface area contributed by atoms with E-state index in [4.69, 9.17) is 9.47 Å². The molecule has 0 bridgehead atoms. The number of amides is 3. The van der Waals surface area contributed by atoms with E-state index in [1.54, 1.807) is 42.5 Å². The Morgan fingerprint density at radius 2 is 1.92 bits per heavy atom. The van der Waals surface area contributed by atoms with Gasteiger partial charge in [-0.05, 0) is 68.0 Å². The Hall–Kier alpha value is -3.46. The maximum atomic E-state index is 13.4. The first-order chi connectivity index (χ1) is 18.0. The molecule has 3 heterocycles. The van der Waals surface area contributed by atoms with E-state index in [1.165, 1.54) is 0 Å². The standard InChI is InChI=1S/C28H34N4O5/c1-32-23-7-6-21(16-26(33)30-14-11-18-9-12-29-13-10-18)37-25(23)17-36-24-8-5-20(15-22(24)28(32)35)31-27(34)19-3-2-4-19/h5,8-10,12-13,15,19,21,23,25H,2-4,6-7,11,14,16-17H2,1H3,(H,30,33)(H,31,34)/t21-,23-,25+/m1/s1. The van der Waals surface area contributed by atoms with Crippen molar-refractivity contribution in [1.29, 1.82) is 0 Å². The quantitative estimate of drug-likeness (QED) is 0.598. The molecule has 196 valence electrons. The van der Waals surface area contributed by atoms with Crippen LogP contribution in [0.25, 0.3) is 0 Å². The predicted molar refractivity (Wildman–Crippen MR) is 137 cm³/mol. The number of pyridine rings is 1. The van der Waals surface area contributed by atoms with E-state index in [2.05, 4.69) is 15.6 Å². The molecular weight excluding hydrogens is 472 g/mol. The Balaban J connectivity index is 1.17. The molecule has 2 fully saturated rings. The molecule has 1 aromatic carbocycles. The van der Waals surface area contributed by atoms with Crippen LogP contribution in [0.4, 0.5) is 5.69 Å². The topological polar surface area (TPSA) is 110 Å². The molecule has 1 saturated carbocycles. The maximum Gasteiger partial charge on any atom is 0.257 e. The van der Waals surface area contributed by atoms with Crippen molar-refractivity contribution in [3.63, 3.8) is 0 Å². The number of hydrogen-bond acceptors (Lipinski definition) is 6. The highest BCUT2D eigenvalue weighted by atomic mass is 16.5. The van der Waals surface area contributed by atoms with Gasteiger partial charge in [-0.1, -0.05) is 6.42 Å². The summed E-state index contributed by atoms with van der Waals surface area (Å²) in [4.78, 5) is 44.0. The molecule has 3 atom stereocenters. The first kappa shape index (κ1) is 25.2. The normalized spacial score (nSPS) is 23.4. The van der Waals surface area contributed by atoms with Crippen molar-refractivity contribution in [2.75, 3.05) is 25.5 Å². The number of benzene rings is 1. The van der Waals surface area contributed by atoms with E-state index in [9.17, 15) is 14.4 Å². The molecule has 9 nitrogen and oxygen atoms in total. The minimum atomic E-state index is -0.330. The molecule has 0 radical (unpaired) electrons. The average Bonchev–Trinajstić information content (AvgIpc) is 2.86. The number of nitrogens with zero attached hydrogens (tertiary/aromatic N) is 2. The first-order valence-corrected chi connectivity index (χ1v) is 13.1. The van der Waals surface area contributed by atoms with Crippen molar-refractivity contribution >= 4 is 23.4 Å². The maximum absolute atomic E-state index is 13.4. The zero-order valence-electron chi connectivity index (χ0n) is 21.2. The van der Waals surface area contributed by atoms with Crippen molar-refractivity contribution in [3.8, 4) is 5.75 Å². The smallest absolute Gasteiger partial charge is 0.257 e. The molecule has 37 heavy (non-hydrogen) atoms. The molecule has 2 N–H and O–H groups in total. The van der Waals surface area contributed by atoms with Crippen molar-refractivity contribution in [2.45, 2.75) is 63.2 Å². The van der Waals surface area contributed by atoms with Crippen LogP contribution in [0.15, 0.2) is 42.7 Å². The summed E-state index contributed by atoms with van der Waals surface area (Å²) in [6.07, 6.45) is 8.27. The fraction of sp³-hybridized carbons (Fsp3) is 0.500. The van der Waals surface area contributed by atoms with Crippen LogP contribution in [-0.4, -0.2) is 66.1 Å². The second-order valence-electron chi connectivity index (χ2n) is 10.2. The van der Waals surface area contributed by atoms with Crippen LogP contribution >= 0.6 is 0 Å². The fourth-order valence-electron chi connectivity index (χ4n) is 5.19. The van der Waals surface area contributed by atoms with Crippen LogP contribution in [0.2, 0.25) is 0 Å². The Morgan fingerprint density at radius 1 is 1.11 bits per heavy atom. The van der Waals surface area contributed by atoms with Gasteiger partial charge in [0.25, 0.3) is 5.91 Å². The number of hydrogen-bond donors (Lipinski definition) is 2. The molecule has 5 rings (SSSR count). The zero-order valence-corrected chi connectivity index (χ0v) is 21.2. The summed E-state index contributed by atoms with van der Waals surface area (Å²) in [7, 11) is 1.78. The zero-order chi connectivity index (χ0) is 25.8. The highest BCUT2D eigenvalue weighted by Gasteiger charge is 2.39. The van der Waals surface area contributed by atoms with Gasteiger partial charge in [0.15, 0.2) is 0 Å². The average molecular weight is 507 g/mol. The number of anilines is 1. The number of likely N-dealkylation sites (N-methyl/N-ethyl adjacent to an activating group) is 1. The van der Waals surface area contributed by atoms with Crippen molar-refractivity contribution in [3.05, 3.63) is 53.9 Å². The van der Waals surface area contributed by atoms with E-state index < -0.39 is 0 Å². The molecule has 3 amide bonds. The Bertz CT molecular complexity index is 1140. The van der Waals surface area contributed by atoms with Gasteiger partial charge >= 0.3 is 0 Å². The van der Waals surface area contributed by atoms with Gasteiger partial charge in [0.1, 0.15) is 18.5 Å². The molecular formula is C28H34N4O5. The molecule has 1 saturated heterocycles. The highest BCUT2D eigenvalue weighted by molar-refractivity contribution is 6.00. The lowest BCUT2D eigenvalue weighted by molar-refractivity contribution is -0.134. The molecule has 0 unspecified atom stereocenters. The fourth-order valence-corrected chi connectivity index (χ4v) is 5.19. The molecule has 3 aliphatic rings. The highest BCUT2D eigenvalue weighted by Crippen LogP contribution is 2.33. The molecule has 1 aromatic heterocycles. The molecule has 2 aromatic rings. The molecule has 2 aliphatic heterocycles. The van der Waals surface area contributed by atoms with Crippen LogP contribution in [0.1, 0.15) is 54.4 Å². The number of fused-ring (bicyclic) bond motifs is 2. The first-order valence-electron chi connectivity index (χ1n) is 13.1. The Morgan fingerprint density at radius 3 is 2.68 bits per heavy atom. The van der Waals surface area contributed by atoms with Gasteiger partial charge in [-0.15, -0.1) is 0 Å². The van der Waals surface area contributed by atoms with Crippen molar-refractivity contribution in [2.24, 2.45) is 5.92 Å². The molecule has 9 heteroatoms. The minimum Gasteiger partial charge on any atom is -0.490 e. The van der Waals surface area contributed by atoms with Gasteiger partial charge in [-0.25, -0.2) is 0 Å². The van der Waals surface area contributed by atoms with Crippen LogP contribution in [0.3, 0.4) is 0 Å². The van der Waals surface area contributed by atoms with Gasteiger partial charge < -0.3 is 25.0 Å². The number of aromatic nitrogens is 1. The largest absolute Gasteiger partial charge is 0.490 e. The summed E-state index contributed by atoms with van der Waals surface area (Å²) in [5.74, 6) is 0.326. The van der Waals surface area contributed by atoms with Gasteiger partial charge in [0.05, 0.1) is 24.1 Å². The van der Waals surface area contributed by atoms with E-state index in [1.807, 2.05) is 12.1 Å². The van der Waals surface area contributed by atoms with E-state index in [0.717, 1.165) is 37.7 Å². The number of carbonyl (C=O) groups is 3. The third-order valence-electron chi connectivity index (χ3n) is 7.65. The summed E-state index contributed by atoms with van der Waals surface area (Å²) >= 11 is 0. The lowest BCUT2D eigenvalue weighted by Gasteiger charge is -2.42. The van der Waals surface area contributed by atoms with E-state index in [0.29, 0.717) is 30.0 Å². The number of rotatable bonds is 7. The summed E-state index contributed by atoms with van der Waals surface area (Å²) in [5, 5.41) is 5.91. The Labute approximate surface area is 216 Å². The van der Waals surface area contributed by atoms with Crippen LogP contribution < -0.4 is 15.4 Å². The monoisotopic (exact) mass is 506 g/mol. The number of ether oxygens (including phenoxy) is 2. The number of nitrogens with one attached hydrogen (secondary N) is 2. The van der Waals surface area contributed by atoms with E-state index >= 15 is 0 Å². The second-order valence-corrected chi connectivity index (χ2v) is 10.2. The summed E-state index contributed by atoms with van der Waals surface area (Å²) in [5.41, 5.74) is 2.16. The molecule has 1 aliphatic carbocycles. The summed E-state index contributed by atoms with van der Waals surface area (Å²) in [6.45, 7) is 0.838. The van der Waals surface area contributed by atoms with Crippen LogP contribution in [0, 0.1) is 5.92 Å². The van der Waals surface area contributed by atoms with Crippen LogP contribution in [0.5, 0.6) is 5.75 Å². The van der Waals surface area contributed by atoms with Crippen molar-refractivity contribution < 1.29 is 23.9 Å². The lowest BCUT2D eigenvalue weighted by Crippen LogP contribution is -2.54.